The van der Waals surface area contributed by atoms with Crippen molar-refractivity contribution in [2.75, 3.05) is 6.61 Å². The first-order valence-electron chi connectivity index (χ1n) is 6.49. The van der Waals surface area contributed by atoms with Gasteiger partial charge in [-0.15, -0.1) is 0 Å². The number of hydrogen-bond acceptors (Lipinski definition) is 3. The molecule has 0 aliphatic carbocycles. The van der Waals surface area contributed by atoms with Gasteiger partial charge in [0.25, 0.3) is 0 Å². The fourth-order valence-electron chi connectivity index (χ4n) is 2.68. The predicted molar refractivity (Wildman–Crippen MR) is 68.7 cm³/mol. The highest BCUT2D eigenvalue weighted by molar-refractivity contribution is 5.17. The molecule has 0 amide bonds. The monoisotopic (exact) mass is 234 g/mol. The molecule has 1 aliphatic rings. The van der Waals surface area contributed by atoms with Crippen LogP contribution in [0.1, 0.15) is 37.4 Å². The van der Waals surface area contributed by atoms with Crippen LogP contribution in [0.4, 0.5) is 0 Å². The molecule has 1 N–H and O–H groups in total. The van der Waals surface area contributed by atoms with E-state index >= 15 is 0 Å². The zero-order chi connectivity index (χ0) is 12.3. The third-order valence-electron chi connectivity index (χ3n) is 3.86. The number of nitrogens with zero attached hydrogens (tertiary/aromatic N) is 2. The van der Waals surface area contributed by atoms with Crippen LogP contribution in [0.2, 0.25) is 0 Å². The minimum Gasteiger partial charge on any atom is -0.395 e. The van der Waals surface area contributed by atoms with E-state index in [-0.39, 0.29) is 6.61 Å². The molecule has 17 heavy (non-hydrogen) atoms. The molecule has 2 atom stereocenters. The molecular formula is C14H22N2O. The Hall–Kier alpha value is -0.930. The van der Waals surface area contributed by atoms with Crippen molar-refractivity contribution in [3.8, 4) is 0 Å². The molecule has 1 aromatic rings. The summed E-state index contributed by atoms with van der Waals surface area (Å²) in [5.41, 5.74) is 2.38. The summed E-state index contributed by atoms with van der Waals surface area (Å²) in [6, 6.07) is 4.93. The Morgan fingerprint density at radius 2 is 2.29 bits per heavy atom. The van der Waals surface area contributed by atoms with Gasteiger partial charge in [-0.1, -0.05) is 12.5 Å². The van der Waals surface area contributed by atoms with E-state index in [9.17, 15) is 5.11 Å². The summed E-state index contributed by atoms with van der Waals surface area (Å²) in [4.78, 5) is 6.85. The number of piperidine rings is 1. The lowest BCUT2D eigenvalue weighted by molar-refractivity contribution is 0.0440. The predicted octanol–water partition coefficient (Wildman–Crippen LogP) is 2.13. The lowest BCUT2D eigenvalue weighted by atomic mass is 9.96. The number of hydrogen-bond donors (Lipinski definition) is 1. The lowest BCUT2D eigenvalue weighted by Gasteiger charge is -2.39. The Morgan fingerprint density at radius 1 is 1.47 bits per heavy atom. The maximum Gasteiger partial charge on any atom is 0.0587 e. The fourth-order valence-corrected chi connectivity index (χ4v) is 2.68. The zero-order valence-corrected chi connectivity index (χ0v) is 10.8. The summed E-state index contributed by atoms with van der Waals surface area (Å²) in [5, 5.41) is 9.46. The molecule has 1 aliphatic heterocycles. The van der Waals surface area contributed by atoms with Crippen LogP contribution in [0.15, 0.2) is 18.3 Å². The maximum absolute atomic E-state index is 9.46. The highest BCUT2D eigenvalue weighted by atomic mass is 16.3. The van der Waals surface area contributed by atoms with Crippen LogP contribution in [-0.2, 0) is 6.54 Å². The van der Waals surface area contributed by atoms with Crippen molar-refractivity contribution in [2.45, 2.75) is 51.7 Å². The summed E-state index contributed by atoms with van der Waals surface area (Å²) < 4.78 is 0. The second-order valence-electron chi connectivity index (χ2n) is 5.06. The number of likely N-dealkylation sites (tertiary alicyclic amines) is 1. The van der Waals surface area contributed by atoms with Gasteiger partial charge < -0.3 is 5.11 Å². The SMILES string of the molecule is Cc1cccnc1CN1C(C)CCCC1CO. The van der Waals surface area contributed by atoms with E-state index in [1.807, 2.05) is 12.3 Å². The quantitative estimate of drug-likeness (QED) is 0.870. The smallest absolute Gasteiger partial charge is 0.0587 e. The van der Waals surface area contributed by atoms with Crippen molar-refractivity contribution in [3.63, 3.8) is 0 Å². The molecule has 1 aromatic heterocycles. The Bertz CT molecular complexity index is 367. The summed E-state index contributed by atoms with van der Waals surface area (Å²) in [6.07, 6.45) is 5.41. The van der Waals surface area contributed by atoms with E-state index in [0.717, 1.165) is 18.7 Å². The standard InChI is InChI=1S/C14H22N2O/c1-11-5-4-8-15-14(11)9-16-12(2)6-3-7-13(16)10-17/h4-5,8,12-13,17H,3,6-7,9-10H2,1-2H3. The third kappa shape index (κ3) is 2.85. The van der Waals surface area contributed by atoms with Gasteiger partial charge in [-0.05, 0) is 38.3 Å². The topological polar surface area (TPSA) is 36.4 Å². The number of aryl methyl sites for hydroxylation is 1. The molecule has 0 bridgehead atoms. The van der Waals surface area contributed by atoms with Gasteiger partial charge in [-0.2, -0.15) is 0 Å². The molecule has 2 unspecified atom stereocenters. The first kappa shape index (κ1) is 12.5. The van der Waals surface area contributed by atoms with Crippen molar-refractivity contribution >= 4 is 0 Å². The van der Waals surface area contributed by atoms with Crippen LogP contribution in [-0.4, -0.2) is 33.7 Å². The van der Waals surface area contributed by atoms with Crippen LogP contribution < -0.4 is 0 Å². The van der Waals surface area contributed by atoms with Crippen molar-refractivity contribution in [3.05, 3.63) is 29.6 Å². The van der Waals surface area contributed by atoms with Gasteiger partial charge in [-0.3, -0.25) is 9.88 Å². The second kappa shape index (κ2) is 5.61. The van der Waals surface area contributed by atoms with E-state index in [4.69, 9.17) is 0 Å². The average molecular weight is 234 g/mol. The molecule has 3 heteroatoms. The Balaban J connectivity index is 2.12. The molecule has 1 saturated heterocycles. The molecule has 0 saturated carbocycles. The summed E-state index contributed by atoms with van der Waals surface area (Å²) in [7, 11) is 0. The Morgan fingerprint density at radius 3 is 3.00 bits per heavy atom. The van der Waals surface area contributed by atoms with Crippen LogP contribution >= 0.6 is 0 Å². The van der Waals surface area contributed by atoms with E-state index in [1.54, 1.807) is 0 Å². The molecule has 0 spiro atoms. The van der Waals surface area contributed by atoms with Crippen molar-refractivity contribution in [1.82, 2.24) is 9.88 Å². The van der Waals surface area contributed by atoms with E-state index < -0.39 is 0 Å². The maximum atomic E-state index is 9.46. The number of pyridine rings is 1. The van der Waals surface area contributed by atoms with Gasteiger partial charge >= 0.3 is 0 Å². The molecule has 94 valence electrons. The van der Waals surface area contributed by atoms with Gasteiger partial charge in [-0.25, -0.2) is 0 Å². The van der Waals surface area contributed by atoms with Gasteiger partial charge in [0.1, 0.15) is 0 Å². The molecular weight excluding hydrogens is 212 g/mol. The average Bonchev–Trinajstić information content (AvgIpc) is 2.34. The third-order valence-corrected chi connectivity index (χ3v) is 3.86. The largest absolute Gasteiger partial charge is 0.395 e. The van der Waals surface area contributed by atoms with Crippen molar-refractivity contribution in [2.24, 2.45) is 0 Å². The number of aromatic nitrogens is 1. The fraction of sp³-hybridized carbons (Fsp3) is 0.643. The van der Waals surface area contributed by atoms with E-state index in [0.29, 0.717) is 12.1 Å². The van der Waals surface area contributed by atoms with E-state index in [2.05, 4.69) is 29.8 Å². The van der Waals surface area contributed by atoms with Gasteiger partial charge in [0.15, 0.2) is 0 Å². The molecule has 3 nitrogen and oxygen atoms in total. The van der Waals surface area contributed by atoms with Crippen LogP contribution in [0.5, 0.6) is 0 Å². The van der Waals surface area contributed by atoms with Crippen LogP contribution in [0, 0.1) is 6.92 Å². The highest BCUT2D eigenvalue weighted by Crippen LogP contribution is 2.24. The molecule has 1 fully saturated rings. The lowest BCUT2D eigenvalue weighted by Crippen LogP contribution is -2.46. The van der Waals surface area contributed by atoms with Crippen molar-refractivity contribution in [1.29, 1.82) is 0 Å². The van der Waals surface area contributed by atoms with Crippen molar-refractivity contribution < 1.29 is 5.11 Å². The summed E-state index contributed by atoms with van der Waals surface area (Å²) >= 11 is 0. The van der Waals surface area contributed by atoms with Gasteiger partial charge in [0.05, 0.1) is 12.3 Å². The first-order chi connectivity index (χ1) is 8.22. The highest BCUT2D eigenvalue weighted by Gasteiger charge is 2.27. The van der Waals surface area contributed by atoms with Crippen LogP contribution in [0.3, 0.4) is 0 Å². The summed E-state index contributed by atoms with van der Waals surface area (Å²) in [5.74, 6) is 0. The molecule has 0 aromatic carbocycles. The normalized spacial score (nSPS) is 26.1. The second-order valence-corrected chi connectivity index (χ2v) is 5.06. The Labute approximate surface area is 103 Å². The number of rotatable bonds is 3. The molecule has 2 heterocycles. The van der Waals surface area contributed by atoms with E-state index in [1.165, 1.54) is 18.4 Å². The Kier molecular flexibility index (Phi) is 4.13. The minimum absolute atomic E-state index is 0.260. The summed E-state index contributed by atoms with van der Waals surface area (Å²) in [6.45, 7) is 5.47. The number of aliphatic hydroxyl groups excluding tert-OH is 1. The molecule has 2 rings (SSSR count). The van der Waals surface area contributed by atoms with Gasteiger partial charge in [0, 0.05) is 24.8 Å². The van der Waals surface area contributed by atoms with Gasteiger partial charge in [0.2, 0.25) is 0 Å². The van der Waals surface area contributed by atoms with Crippen LogP contribution in [0.25, 0.3) is 0 Å². The number of aliphatic hydroxyl groups is 1. The molecule has 0 radical (unpaired) electrons. The first-order valence-corrected chi connectivity index (χ1v) is 6.49. The minimum atomic E-state index is 0.260. The zero-order valence-electron chi connectivity index (χ0n) is 10.8.